The van der Waals surface area contributed by atoms with E-state index >= 15 is 0 Å². The molecular weight excluding hydrogens is 150 g/mol. The predicted octanol–water partition coefficient (Wildman–Crippen LogP) is 1.38. The molecule has 68 valence electrons. The van der Waals surface area contributed by atoms with E-state index in [4.69, 9.17) is 5.73 Å². The number of rotatable bonds is 2. The van der Waals surface area contributed by atoms with Gasteiger partial charge in [-0.2, -0.15) is 0 Å². The van der Waals surface area contributed by atoms with Gasteiger partial charge in [0.2, 0.25) is 0 Å². The summed E-state index contributed by atoms with van der Waals surface area (Å²) in [6.45, 7) is 6.19. The Kier molecular flexibility index (Phi) is 2.52. The van der Waals surface area contributed by atoms with Crippen molar-refractivity contribution in [2.75, 3.05) is 0 Å². The van der Waals surface area contributed by atoms with E-state index in [9.17, 15) is 0 Å². The summed E-state index contributed by atoms with van der Waals surface area (Å²) in [5.74, 6) is 1.46. The fourth-order valence-corrected chi connectivity index (χ4v) is 1.09. The maximum Gasteiger partial charge on any atom is 0.105 e. The van der Waals surface area contributed by atoms with Crippen molar-refractivity contribution in [3.8, 4) is 0 Å². The molecule has 0 saturated carbocycles. The van der Waals surface area contributed by atoms with E-state index in [1.54, 1.807) is 0 Å². The molecule has 0 saturated heterocycles. The lowest BCUT2D eigenvalue weighted by Crippen LogP contribution is -2.16. The van der Waals surface area contributed by atoms with Crippen LogP contribution in [0.2, 0.25) is 0 Å². The zero-order chi connectivity index (χ0) is 9.30. The maximum absolute atomic E-state index is 5.94. The minimum atomic E-state index is 0.0601. The molecule has 1 aromatic rings. The fraction of sp³-hybridized carbons (Fsp3) is 0.667. The molecule has 3 nitrogen and oxygen atoms in total. The van der Waals surface area contributed by atoms with E-state index in [0.717, 1.165) is 11.5 Å². The van der Waals surface area contributed by atoms with Gasteiger partial charge in [-0.05, 0) is 12.8 Å². The molecule has 0 fully saturated rings. The number of imidazole rings is 1. The summed E-state index contributed by atoms with van der Waals surface area (Å²) in [6.07, 6.45) is 2.00. The van der Waals surface area contributed by atoms with Crippen molar-refractivity contribution < 1.29 is 0 Å². The molecule has 0 aliphatic carbocycles. The van der Waals surface area contributed by atoms with Crippen molar-refractivity contribution >= 4 is 0 Å². The first kappa shape index (κ1) is 9.26. The third-order valence-electron chi connectivity index (χ3n) is 2.19. The molecule has 12 heavy (non-hydrogen) atoms. The zero-order valence-corrected chi connectivity index (χ0v) is 8.20. The van der Waals surface area contributed by atoms with Crippen molar-refractivity contribution in [3.05, 3.63) is 17.7 Å². The summed E-state index contributed by atoms with van der Waals surface area (Å²) >= 11 is 0. The highest BCUT2D eigenvalue weighted by molar-refractivity contribution is 5.07. The zero-order valence-electron chi connectivity index (χ0n) is 8.20. The molecule has 1 atom stereocenters. The van der Waals surface area contributed by atoms with Crippen LogP contribution >= 0.6 is 0 Å². The molecule has 3 heteroatoms. The molecule has 0 bridgehead atoms. The van der Waals surface area contributed by atoms with Gasteiger partial charge in [0, 0.05) is 13.2 Å². The number of aromatic nitrogens is 2. The molecule has 2 N–H and O–H groups in total. The quantitative estimate of drug-likeness (QED) is 0.723. The number of nitrogens with zero attached hydrogens (tertiary/aromatic N) is 2. The highest BCUT2D eigenvalue weighted by atomic mass is 15.0. The largest absolute Gasteiger partial charge is 0.338 e. The van der Waals surface area contributed by atoms with Gasteiger partial charge in [-0.3, -0.25) is 0 Å². The third kappa shape index (κ3) is 1.67. The van der Waals surface area contributed by atoms with E-state index in [2.05, 4.69) is 18.8 Å². The molecule has 1 aromatic heterocycles. The van der Waals surface area contributed by atoms with E-state index < -0.39 is 0 Å². The maximum atomic E-state index is 5.94. The number of nitrogens with two attached hydrogens (primary N) is 1. The van der Waals surface area contributed by atoms with Crippen molar-refractivity contribution in [2.24, 2.45) is 18.7 Å². The molecule has 0 radical (unpaired) electrons. The molecule has 0 aliphatic heterocycles. The minimum absolute atomic E-state index is 0.0601. The van der Waals surface area contributed by atoms with E-state index in [1.165, 1.54) is 0 Å². The van der Waals surface area contributed by atoms with Crippen LogP contribution in [-0.2, 0) is 7.05 Å². The molecule has 1 unspecified atom stereocenters. The van der Waals surface area contributed by atoms with Crippen molar-refractivity contribution in [3.63, 3.8) is 0 Å². The van der Waals surface area contributed by atoms with Gasteiger partial charge < -0.3 is 10.3 Å². The van der Waals surface area contributed by atoms with Crippen molar-refractivity contribution in [1.82, 2.24) is 9.55 Å². The second-order valence-electron chi connectivity index (χ2n) is 3.59. The number of hydrogen-bond donors (Lipinski definition) is 1. The average molecular weight is 167 g/mol. The highest BCUT2D eigenvalue weighted by Crippen LogP contribution is 2.17. The minimum Gasteiger partial charge on any atom is -0.338 e. The SMILES string of the molecule is Cc1nc(C(N)C(C)C)cn1C. The molecule has 0 spiro atoms. The van der Waals surface area contributed by atoms with Gasteiger partial charge in [-0.15, -0.1) is 0 Å². The third-order valence-corrected chi connectivity index (χ3v) is 2.19. The van der Waals surface area contributed by atoms with Crippen LogP contribution < -0.4 is 5.73 Å². The van der Waals surface area contributed by atoms with Gasteiger partial charge in [0.1, 0.15) is 5.82 Å². The molecule has 0 amide bonds. The summed E-state index contributed by atoms with van der Waals surface area (Å²) in [4.78, 5) is 4.37. The Bertz CT molecular complexity index is 243. The first-order chi connectivity index (χ1) is 5.52. The highest BCUT2D eigenvalue weighted by Gasteiger charge is 2.13. The van der Waals surface area contributed by atoms with Crippen LogP contribution in [0.1, 0.15) is 31.4 Å². The van der Waals surface area contributed by atoms with Crippen LogP contribution in [0.25, 0.3) is 0 Å². The summed E-state index contributed by atoms with van der Waals surface area (Å²) in [5.41, 5.74) is 6.93. The van der Waals surface area contributed by atoms with Gasteiger partial charge in [0.15, 0.2) is 0 Å². The van der Waals surface area contributed by atoms with Crippen LogP contribution in [0, 0.1) is 12.8 Å². The van der Waals surface area contributed by atoms with Gasteiger partial charge in [0.05, 0.1) is 11.7 Å². The Balaban J connectivity index is 2.89. The second-order valence-corrected chi connectivity index (χ2v) is 3.59. The summed E-state index contributed by atoms with van der Waals surface area (Å²) in [6, 6.07) is 0.0601. The molecule has 1 rings (SSSR count). The Morgan fingerprint density at radius 1 is 1.50 bits per heavy atom. The smallest absolute Gasteiger partial charge is 0.105 e. The summed E-state index contributed by atoms with van der Waals surface area (Å²) < 4.78 is 2.00. The second kappa shape index (κ2) is 3.27. The van der Waals surface area contributed by atoms with Crippen LogP contribution in [0.3, 0.4) is 0 Å². The topological polar surface area (TPSA) is 43.8 Å². The lowest BCUT2D eigenvalue weighted by atomic mass is 10.0. The van der Waals surface area contributed by atoms with Crippen LogP contribution in [0.5, 0.6) is 0 Å². The predicted molar refractivity (Wildman–Crippen MR) is 49.7 cm³/mol. The van der Waals surface area contributed by atoms with Gasteiger partial charge in [-0.1, -0.05) is 13.8 Å². The van der Waals surface area contributed by atoms with E-state index in [0.29, 0.717) is 5.92 Å². The fourth-order valence-electron chi connectivity index (χ4n) is 1.09. The Morgan fingerprint density at radius 3 is 2.42 bits per heavy atom. The first-order valence-corrected chi connectivity index (χ1v) is 4.27. The van der Waals surface area contributed by atoms with Crippen LogP contribution in [0.15, 0.2) is 6.20 Å². The van der Waals surface area contributed by atoms with Crippen molar-refractivity contribution in [2.45, 2.75) is 26.8 Å². The van der Waals surface area contributed by atoms with E-state index in [1.807, 2.05) is 24.7 Å². The Hall–Kier alpha value is -0.830. The summed E-state index contributed by atoms with van der Waals surface area (Å²) in [7, 11) is 1.98. The Labute approximate surface area is 73.6 Å². The van der Waals surface area contributed by atoms with E-state index in [-0.39, 0.29) is 6.04 Å². The number of aryl methyl sites for hydroxylation is 2. The molecule has 0 aliphatic rings. The molecule has 1 heterocycles. The van der Waals surface area contributed by atoms with Crippen molar-refractivity contribution in [1.29, 1.82) is 0 Å². The first-order valence-electron chi connectivity index (χ1n) is 4.27. The van der Waals surface area contributed by atoms with Crippen LogP contribution in [-0.4, -0.2) is 9.55 Å². The lowest BCUT2D eigenvalue weighted by Gasteiger charge is -2.11. The van der Waals surface area contributed by atoms with Gasteiger partial charge in [-0.25, -0.2) is 4.98 Å². The molecular formula is C9H17N3. The van der Waals surface area contributed by atoms with Crippen LogP contribution in [0.4, 0.5) is 0 Å². The standard InChI is InChI=1S/C9H17N3/c1-6(2)9(10)8-5-12(4)7(3)11-8/h5-6,9H,10H2,1-4H3. The average Bonchev–Trinajstić information content (AvgIpc) is 2.30. The van der Waals surface area contributed by atoms with Gasteiger partial charge >= 0.3 is 0 Å². The molecule has 0 aromatic carbocycles. The Morgan fingerprint density at radius 2 is 2.08 bits per heavy atom. The van der Waals surface area contributed by atoms with Gasteiger partial charge in [0.25, 0.3) is 0 Å². The monoisotopic (exact) mass is 167 g/mol. The number of hydrogen-bond acceptors (Lipinski definition) is 2. The normalized spacial score (nSPS) is 13.8. The lowest BCUT2D eigenvalue weighted by molar-refractivity contribution is 0.504. The summed E-state index contributed by atoms with van der Waals surface area (Å²) in [5, 5.41) is 0.